The fourth-order valence-corrected chi connectivity index (χ4v) is 4.98. The van der Waals surface area contributed by atoms with Gasteiger partial charge in [-0.1, -0.05) is 24.6 Å². The summed E-state index contributed by atoms with van der Waals surface area (Å²) in [7, 11) is 0. The summed E-state index contributed by atoms with van der Waals surface area (Å²) in [6.07, 6.45) is 5.76. The number of fused-ring (bicyclic) bond motifs is 2. The van der Waals surface area contributed by atoms with Crippen molar-refractivity contribution in [2.75, 3.05) is 26.2 Å². The first-order valence-corrected chi connectivity index (χ1v) is 8.89. The average Bonchev–Trinajstić information content (AvgIpc) is 3.19. The van der Waals surface area contributed by atoms with Crippen LogP contribution in [0.2, 0.25) is 0 Å². The summed E-state index contributed by atoms with van der Waals surface area (Å²) in [5.74, 6) is 1.94. The standard InChI is InChI=1S/C18H25N3O2/c22-21(23)17-4-2-1-3-16(17)13-19-7-9-20(10-8-19)18-12-14-5-6-15(18)11-14/h1-4,14-15,18H,5-13H2/t14-,15-,18-/m1/s1. The molecule has 5 heteroatoms. The summed E-state index contributed by atoms with van der Waals surface area (Å²) in [6, 6.07) is 7.96. The van der Waals surface area contributed by atoms with Crippen LogP contribution in [0.15, 0.2) is 24.3 Å². The van der Waals surface area contributed by atoms with Gasteiger partial charge in [-0.05, 0) is 31.1 Å². The lowest BCUT2D eigenvalue weighted by molar-refractivity contribution is -0.385. The molecule has 0 amide bonds. The third kappa shape index (κ3) is 3.00. The van der Waals surface area contributed by atoms with Crippen molar-refractivity contribution in [1.29, 1.82) is 0 Å². The molecule has 1 aromatic carbocycles. The van der Waals surface area contributed by atoms with Crippen molar-refractivity contribution in [1.82, 2.24) is 9.80 Å². The summed E-state index contributed by atoms with van der Waals surface area (Å²) in [6.45, 7) is 4.99. The zero-order valence-corrected chi connectivity index (χ0v) is 13.6. The summed E-state index contributed by atoms with van der Waals surface area (Å²) in [4.78, 5) is 15.9. The van der Waals surface area contributed by atoms with Crippen molar-refractivity contribution in [3.63, 3.8) is 0 Å². The van der Waals surface area contributed by atoms with Crippen molar-refractivity contribution in [3.8, 4) is 0 Å². The molecule has 2 aliphatic carbocycles. The Morgan fingerprint density at radius 2 is 1.87 bits per heavy atom. The summed E-state index contributed by atoms with van der Waals surface area (Å²) in [5.41, 5.74) is 1.09. The molecule has 1 aliphatic heterocycles. The predicted octanol–water partition coefficient (Wildman–Crippen LogP) is 2.90. The number of nitro groups is 1. The Morgan fingerprint density at radius 1 is 1.09 bits per heavy atom. The number of nitrogens with zero attached hydrogens (tertiary/aromatic N) is 3. The second-order valence-corrected chi connectivity index (χ2v) is 7.44. The number of nitro benzene ring substituents is 1. The van der Waals surface area contributed by atoms with Crippen molar-refractivity contribution in [2.24, 2.45) is 11.8 Å². The summed E-state index contributed by atoms with van der Waals surface area (Å²) >= 11 is 0. The largest absolute Gasteiger partial charge is 0.298 e. The molecule has 0 N–H and O–H groups in total. The van der Waals surface area contributed by atoms with Gasteiger partial charge in [-0.25, -0.2) is 0 Å². The van der Waals surface area contributed by atoms with E-state index < -0.39 is 0 Å². The number of para-hydroxylation sites is 1. The second-order valence-electron chi connectivity index (χ2n) is 7.44. The van der Waals surface area contributed by atoms with Crippen LogP contribution in [0.25, 0.3) is 0 Å². The van der Waals surface area contributed by atoms with Gasteiger partial charge in [0.1, 0.15) is 0 Å². The SMILES string of the molecule is O=[N+]([O-])c1ccccc1CN1CCN([C@@H]2C[C@@H]3CC[C@@H]2C3)CC1. The zero-order chi connectivity index (χ0) is 15.8. The second kappa shape index (κ2) is 6.21. The van der Waals surface area contributed by atoms with Gasteiger partial charge in [0.2, 0.25) is 0 Å². The minimum absolute atomic E-state index is 0.253. The quantitative estimate of drug-likeness (QED) is 0.633. The van der Waals surface area contributed by atoms with Crippen LogP contribution in [-0.4, -0.2) is 46.9 Å². The number of hydrogen-bond acceptors (Lipinski definition) is 4. The molecule has 0 radical (unpaired) electrons. The van der Waals surface area contributed by atoms with Crippen LogP contribution >= 0.6 is 0 Å². The number of hydrogen-bond donors (Lipinski definition) is 0. The Bertz CT molecular complexity index is 583. The minimum Gasteiger partial charge on any atom is -0.298 e. The van der Waals surface area contributed by atoms with Gasteiger partial charge >= 0.3 is 0 Å². The molecule has 3 fully saturated rings. The molecular weight excluding hydrogens is 290 g/mol. The van der Waals surface area contributed by atoms with Crippen LogP contribution in [-0.2, 0) is 6.54 Å². The molecule has 2 bridgehead atoms. The van der Waals surface area contributed by atoms with Gasteiger partial charge < -0.3 is 0 Å². The van der Waals surface area contributed by atoms with E-state index in [4.69, 9.17) is 0 Å². The van der Waals surface area contributed by atoms with E-state index in [-0.39, 0.29) is 10.6 Å². The van der Waals surface area contributed by atoms with E-state index >= 15 is 0 Å². The molecule has 0 unspecified atom stereocenters. The van der Waals surface area contributed by atoms with Gasteiger partial charge in [0.15, 0.2) is 0 Å². The first-order chi connectivity index (χ1) is 11.2. The Labute approximate surface area is 137 Å². The highest BCUT2D eigenvalue weighted by Crippen LogP contribution is 2.46. The number of benzene rings is 1. The van der Waals surface area contributed by atoms with Gasteiger partial charge in [0.05, 0.1) is 4.92 Å². The topological polar surface area (TPSA) is 49.6 Å². The highest BCUT2D eigenvalue weighted by molar-refractivity contribution is 5.39. The fourth-order valence-electron chi connectivity index (χ4n) is 4.98. The average molecular weight is 315 g/mol. The summed E-state index contributed by atoms with van der Waals surface area (Å²) in [5, 5.41) is 11.1. The fraction of sp³-hybridized carbons (Fsp3) is 0.667. The molecule has 4 rings (SSSR count). The van der Waals surface area contributed by atoms with Crippen LogP contribution in [0, 0.1) is 22.0 Å². The molecule has 1 aromatic rings. The minimum atomic E-state index is -0.263. The van der Waals surface area contributed by atoms with Crippen LogP contribution in [0.3, 0.4) is 0 Å². The van der Waals surface area contributed by atoms with Crippen molar-refractivity contribution in [2.45, 2.75) is 38.3 Å². The highest BCUT2D eigenvalue weighted by Gasteiger charge is 2.42. The lowest BCUT2D eigenvalue weighted by atomic mass is 9.93. The van der Waals surface area contributed by atoms with E-state index in [1.807, 2.05) is 12.1 Å². The maximum Gasteiger partial charge on any atom is 0.273 e. The Hall–Kier alpha value is -1.46. The van der Waals surface area contributed by atoms with E-state index in [2.05, 4.69) is 9.80 Å². The molecule has 5 nitrogen and oxygen atoms in total. The van der Waals surface area contributed by atoms with Crippen LogP contribution in [0.4, 0.5) is 5.69 Å². The molecule has 3 aliphatic rings. The number of rotatable bonds is 4. The Balaban J connectivity index is 1.34. The first-order valence-electron chi connectivity index (χ1n) is 8.89. The van der Waals surface area contributed by atoms with Gasteiger partial charge in [0.25, 0.3) is 5.69 Å². The van der Waals surface area contributed by atoms with E-state index in [1.54, 1.807) is 12.1 Å². The molecule has 1 heterocycles. The number of piperazine rings is 1. The molecule has 2 saturated carbocycles. The lowest BCUT2D eigenvalue weighted by Gasteiger charge is -2.41. The highest BCUT2D eigenvalue weighted by atomic mass is 16.6. The Morgan fingerprint density at radius 3 is 2.52 bits per heavy atom. The molecule has 124 valence electrons. The van der Waals surface area contributed by atoms with E-state index in [1.165, 1.54) is 25.7 Å². The summed E-state index contributed by atoms with van der Waals surface area (Å²) < 4.78 is 0. The van der Waals surface area contributed by atoms with Gasteiger partial charge in [0, 0.05) is 50.4 Å². The predicted molar refractivity (Wildman–Crippen MR) is 89.2 cm³/mol. The van der Waals surface area contributed by atoms with Crippen LogP contribution in [0.5, 0.6) is 0 Å². The molecule has 3 atom stereocenters. The third-order valence-electron chi connectivity index (χ3n) is 6.16. The molecule has 0 spiro atoms. The first kappa shape index (κ1) is 15.1. The smallest absolute Gasteiger partial charge is 0.273 e. The molecule has 0 aromatic heterocycles. The van der Waals surface area contributed by atoms with Crippen molar-refractivity contribution in [3.05, 3.63) is 39.9 Å². The maximum atomic E-state index is 11.1. The van der Waals surface area contributed by atoms with Crippen molar-refractivity contribution < 1.29 is 4.92 Å². The van der Waals surface area contributed by atoms with Gasteiger partial charge in [-0.15, -0.1) is 0 Å². The zero-order valence-electron chi connectivity index (χ0n) is 13.6. The normalized spacial score (nSPS) is 31.6. The lowest BCUT2D eigenvalue weighted by Crippen LogP contribution is -2.51. The van der Waals surface area contributed by atoms with Crippen molar-refractivity contribution >= 4 is 5.69 Å². The van der Waals surface area contributed by atoms with Gasteiger partial charge in [-0.3, -0.25) is 19.9 Å². The molecule has 1 saturated heterocycles. The molecule has 23 heavy (non-hydrogen) atoms. The van der Waals surface area contributed by atoms with E-state index in [9.17, 15) is 10.1 Å². The van der Waals surface area contributed by atoms with E-state index in [0.717, 1.165) is 49.6 Å². The van der Waals surface area contributed by atoms with Gasteiger partial charge in [-0.2, -0.15) is 0 Å². The Kier molecular flexibility index (Phi) is 4.07. The van der Waals surface area contributed by atoms with Crippen LogP contribution < -0.4 is 0 Å². The maximum absolute atomic E-state index is 11.1. The third-order valence-corrected chi connectivity index (χ3v) is 6.16. The monoisotopic (exact) mass is 315 g/mol. The van der Waals surface area contributed by atoms with Crippen LogP contribution in [0.1, 0.15) is 31.2 Å². The van der Waals surface area contributed by atoms with E-state index in [0.29, 0.717) is 6.54 Å². The molecular formula is C18H25N3O2.